The molecule has 0 aliphatic heterocycles. The normalized spacial score (nSPS) is 12.1. The number of carboxylic acids is 1. The van der Waals surface area contributed by atoms with Crippen LogP contribution in [-0.4, -0.2) is 121 Å². The van der Waals surface area contributed by atoms with Crippen molar-refractivity contribution >= 4 is 72.4 Å². The number of rotatable bonds is 30. The molecule has 0 saturated heterocycles. The lowest BCUT2D eigenvalue weighted by Gasteiger charge is -2.19. The Labute approximate surface area is 455 Å². The molecule has 3 heterocycles. The lowest BCUT2D eigenvalue weighted by molar-refractivity contribution is -0.138. The fraction of sp³-hybridized carbons (Fsp3) is 0.346. The van der Waals surface area contributed by atoms with E-state index in [1.54, 1.807) is 74.1 Å². The minimum atomic E-state index is -4.42. The quantitative estimate of drug-likeness (QED) is 0.0175. The van der Waals surface area contributed by atoms with E-state index in [9.17, 15) is 55.3 Å². The summed E-state index contributed by atoms with van der Waals surface area (Å²) in [7, 11) is -8.77. The zero-order chi connectivity index (χ0) is 57.1. The third-order valence-electron chi connectivity index (χ3n) is 12.0. The smallest absolute Gasteiger partial charge is 0.323 e. The molecule has 0 aliphatic carbocycles. The highest BCUT2D eigenvalue weighted by atomic mass is 32.2. The van der Waals surface area contributed by atoms with E-state index in [4.69, 9.17) is 4.74 Å². The van der Waals surface area contributed by atoms with E-state index >= 15 is 0 Å². The van der Waals surface area contributed by atoms with Crippen LogP contribution in [0.2, 0.25) is 0 Å². The Hall–Kier alpha value is -8.24. The number of aryl methyl sites for hydroxylation is 4. The van der Waals surface area contributed by atoms with Gasteiger partial charge < -0.3 is 46.0 Å². The molecule has 0 bridgehead atoms. The second-order valence-electron chi connectivity index (χ2n) is 18.2. The highest BCUT2D eigenvalue weighted by Gasteiger charge is 2.29. The van der Waals surface area contributed by atoms with Crippen molar-refractivity contribution in [2.75, 3.05) is 44.7 Å². The Morgan fingerprint density at radius 2 is 1.49 bits per heavy atom. The van der Waals surface area contributed by atoms with E-state index in [-0.39, 0.29) is 87.9 Å². The highest BCUT2D eigenvalue weighted by molar-refractivity contribution is 7.89. The van der Waals surface area contributed by atoms with Gasteiger partial charge in [0.15, 0.2) is 11.8 Å². The van der Waals surface area contributed by atoms with Crippen molar-refractivity contribution in [3.8, 4) is 0 Å². The number of fused-ring (bicyclic) bond motifs is 1. The third-order valence-corrected chi connectivity index (χ3v) is 14.7. The maximum atomic E-state index is 13.8. The first-order valence-corrected chi connectivity index (χ1v) is 27.9. The number of ether oxygens (including phenoxy) is 1. The van der Waals surface area contributed by atoms with Crippen LogP contribution >= 0.6 is 0 Å². The topological polar surface area (TPSA) is 364 Å². The maximum Gasteiger partial charge on any atom is 0.323 e. The predicted octanol–water partition coefficient (Wildman–Crippen LogP) is 3.98. The first kappa shape index (κ1) is 60.0. The summed E-state index contributed by atoms with van der Waals surface area (Å²) in [5.74, 6) is -2.80. The number of nitrogens with one attached hydrogen (secondary N) is 7. The number of carboxylic acid groups (broad SMARTS) is 1. The number of carbonyl (C=O) groups excluding carboxylic acids is 4. The zero-order valence-corrected chi connectivity index (χ0v) is 45.2. The minimum absolute atomic E-state index is 0.0590. The van der Waals surface area contributed by atoms with Crippen molar-refractivity contribution in [1.82, 2.24) is 45.5 Å². The largest absolute Gasteiger partial charge is 0.480 e. The second kappa shape index (κ2) is 28.4. The van der Waals surface area contributed by atoms with E-state index in [0.717, 1.165) is 11.1 Å². The number of aromatic nitrogens is 4. The molecular weight excluding hydrogens is 1060 g/mol. The number of aromatic amines is 1. The van der Waals surface area contributed by atoms with Gasteiger partial charge in [0.2, 0.25) is 27.3 Å². The molecule has 25 nitrogen and oxygen atoms in total. The van der Waals surface area contributed by atoms with Gasteiger partial charge in [0, 0.05) is 95.5 Å². The molecule has 0 fully saturated rings. The number of amides is 4. The average Bonchev–Trinajstić information content (AvgIpc) is 4.02. The van der Waals surface area contributed by atoms with Gasteiger partial charge in [0.25, 0.3) is 21.9 Å². The molecule has 0 saturated carbocycles. The molecule has 0 spiro atoms. The fourth-order valence-corrected chi connectivity index (χ4v) is 10.6. The van der Waals surface area contributed by atoms with Crippen molar-refractivity contribution in [1.29, 1.82) is 0 Å². The van der Waals surface area contributed by atoms with Crippen molar-refractivity contribution in [3.63, 3.8) is 0 Å². The lowest BCUT2D eigenvalue weighted by atomic mass is 10.1. The number of pyridine rings is 2. The molecule has 79 heavy (non-hydrogen) atoms. The summed E-state index contributed by atoms with van der Waals surface area (Å²) >= 11 is 0. The van der Waals surface area contributed by atoms with Gasteiger partial charge in [-0.3, -0.25) is 33.3 Å². The number of carbonyl (C=O) groups is 5. The van der Waals surface area contributed by atoms with Crippen LogP contribution in [0.1, 0.15) is 80.6 Å². The van der Waals surface area contributed by atoms with Crippen LogP contribution in [0, 0.1) is 20.8 Å². The molecule has 420 valence electrons. The molecule has 27 heteroatoms. The van der Waals surface area contributed by atoms with E-state index < -0.39 is 50.0 Å². The fourth-order valence-electron chi connectivity index (χ4n) is 8.26. The Balaban J connectivity index is 0.904. The van der Waals surface area contributed by atoms with Crippen LogP contribution in [0.4, 0.5) is 11.8 Å². The van der Waals surface area contributed by atoms with Crippen molar-refractivity contribution in [3.05, 3.63) is 141 Å². The summed E-state index contributed by atoms with van der Waals surface area (Å²) in [6.45, 7) is 6.26. The Kier molecular flexibility index (Phi) is 21.6. The molecule has 6 rings (SSSR count). The van der Waals surface area contributed by atoms with E-state index in [0.29, 0.717) is 74.7 Å². The van der Waals surface area contributed by atoms with Crippen molar-refractivity contribution in [2.45, 2.75) is 88.3 Å². The number of benzene rings is 3. The van der Waals surface area contributed by atoms with Gasteiger partial charge in [-0.1, -0.05) is 42.0 Å². The van der Waals surface area contributed by atoms with E-state index in [1.807, 2.05) is 0 Å². The summed E-state index contributed by atoms with van der Waals surface area (Å²) in [4.78, 5) is 88.4. The lowest BCUT2D eigenvalue weighted by Crippen LogP contribution is -2.49. The summed E-state index contributed by atoms with van der Waals surface area (Å²) in [5.41, 5.74) is 2.49. The van der Waals surface area contributed by atoms with Gasteiger partial charge in [-0.05, 0) is 92.6 Å². The van der Waals surface area contributed by atoms with Crippen LogP contribution < -0.4 is 36.7 Å². The molecule has 6 aromatic rings. The number of hydrogen-bond donors (Lipinski definition) is 9. The van der Waals surface area contributed by atoms with Gasteiger partial charge in [-0.2, -0.15) is 18.3 Å². The van der Waals surface area contributed by atoms with Gasteiger partial charge in [-0.15, -0.1) is 5.11 Å². The molecule has 4 amide bonds. The number of sulfonamides is 1. The first-order chi connectivity index (χ1) is 37.7. The Morgan fingerprint density at radius 1 is 0.810 bits per heavy atom. The molecule has 0 unspecified atom stereocenters. The molecule has 1 atom stereocenters. The first-order valence-electron chi connectivity index (χ1n) is 25.0. The van der Waals surface area contributed by atoms with Crippen LogP contribution in [0.15, 0.2) is 116 Å². The van der Waals surface area contributed by atoms with Crippen LogP contribution in [-0.2, 0) is 58.9 Å². The number of imidazole rings is 1. The average molecular weight is 1130 g/mol. The SMILES string of the molecule is Cc1cc(C)c(S(=O)(=O)N[C@@H](CNC(=O)c2cn(CCCNC(=O)CCC(=O)NCCCOCCCNC(=O)c3ccc(N=NCc4ccccc4S(=O)(=O)O)nc3)c3cc(CNc4ncc[nH]4)ccc3c2=O)C(=O)O)c(C)c1. The highest BCUT2D eigenvalue weighted by Crippen LogP contribution is 2.23. The van der Waals surface area contributed by atoms with Crippen molar-refractivity contribution < 1.29 is 55.2 Å². The number of H-pyrrole nitrogens is 1. The standard InChI is InChI=1S/C52H62N12O13S2/c1-33-25-34(2)48(35(3)26-33)78(72,73)63-41(51(70)71)31-59-50(69)40-32-64(42-27-36(11-13-39(42)47(40)67)28-60-52-56-20-21-57-52)22-6-17-53-45(65)15-16-46(66)54-18-7-23-77-24-8-19-55-49(68)38-12-14-44(58-29-38)62-61-30-37-9-4-5-10-43(37)79(74,75)76/h4-5,9-14,20-21,25-27,29,32,41,63H,6-8,15-19,22-24,28,30-31H2,1-3H3,(H,53,65)(H,54,66)(H,55,68)(H,59,69)(H,70,71)(H2,56,57,60)(H,74,75,76)/t41-/m0/s1. The molecule has 0 radical (unpaired) electrons. The minimum Gasteiger partial charge on any atom is -0.480 e. The molecule has 3 aromatic heterocycles. The van der Waals surface area contributed by atoms with Gasteiger partial charge >= 0.3 is 5.97 Å². The molecule has 3 aromatic carbocycles. The van der Waals surface area contributed by atoms with Crippen LogP contribution in [0.25, 0.3) is 10.9 Å². The zero-order valence-electron chi connectivity index (χ0n) is 43.6. The van der Waals surface area contributed by atoms with Gasteiger partial charge in [-0.25, -0.2) is 18.4 Å². The van der Waals surface area contributed by atoms with Crippen LogP contribution in [0.5, 0.6) is 0 Å². The summed E-state index contributed by atoms with van der Waals surface area (Å²) in [6.07, 6.45) is 7.14. The second-order valence-corrected chi connectivity index (χ2v) is 21.2. The van der Waals surface area contributed by atoms with Gasteiger partial charge in [0.05, 0.1) is 27.4 Å². The Morgan fingerprint density at radius 3 is 2.14 bits per heavy atom. The van der Waals surface area contributed by atoms with Gasteiger partial charge in [0.1, 0.15) is 11.6 Å². The van der Waals surface area contributed by atoms with Crippen LogP contribution in [0.3, 0.4) is 0 Å². The molecule has 9 N–H and O–H groups in total. The number of anilines is 1. The van der Waals surface area contributed by atoms with Crippen molar-refractivity contribution in [2.24, 2.45) is 10.2 Å². The molecule has 0 aliphatic rings. The number of nitrogens with zero attached hydrogens (tertiary/aromatic N) is 5. The number of hydrogen-bond acceptors (Lipinski definition) is 16. The Bertz CT molecular complexity index is 3440. The summed E-state index contributed by atoms with van der Waals surface area (Å²) < 4.78 is 68.8. The summed E-state index contributed by atoms with van der Waals surface area (Å²) in [6, 6.07) is 15.4. The third kappa shape index (κ3) is 17.9. The number of azo groups is 1. The maximum absolute atomic E-state index is 13.8. The monoisotopic (exact) mass is 1130 g/mol. The number of aliphatic carboxylic acids is 1. The van der Waals surface area contributed by atoms with E-state index in [2.05, 4.69) is 56.5 Å². The predicted molar refractivity (Wildman–Crippen MR) is 290 cm³/mol. The molecular formula is C52H62N12O13S2. The summed E-state index contributed by atoms with van der Waals surface area (Å²) in [5, 5.41) is 31.9. The van der Waals surface area contributed by atoms with E-state index in [1.165, 1.54) is 42.7 Å².